The SMILES string of the molecule is CCN(CC1CCC1)c1cc(OC)c(OC)cc1N. The number of nitrogens with zero attached hydrogens (tertiary/aromatic N) is 1. The summed E-state index contributed by atoms with van der Waals surface area (Å²) in [6.45, 7) is 4.20. The molecule has 1 saturated carbocycles. The Kier molecular flexibility index (Phi) is 4.40. The van der Waals surface area contributed by atoms with E-state index < -0.39 is 0 Å². The third kappa shape index (κ3) is 2.88. The molecule has 1 aromatic rings. The Morgan fingerprint density at radius 3 is 2.32 bits per heavy atom. The second-order valence-corrected chi connectivity index (χ2v) is 5.10. The highest BCUT2D eigenvalue weighted by atomic mass is 16.5. The summed E-state index contributed by atoms with van der Waals surface area (Å²) in [7, 11) is 3.28. The molecule has 1 aromatic carbocycles. The number of ether oxygens (including phenoxy) is 2. The summed E-state index contributed by atoms with van der Waals surface area (Å²) < 4.78 is 10.6. The molecular formula is C15H24N2O2. The van der Waals surface area contributed by atoms with Crippen molar-refractivity contribution >= 4 is 11.4 Å². The Bertz CT molecular complexity index is 430. The van der Waals surface area contributed by atoms with Crippen LogP contribution in [0.2, 0.25) is 0 Å². The van der Waals surface area contributed by atoms with Gasteiger partial charge in [0.05, 0.1) is 25.6 Å². The second-order valence-electron chi connectivity index (χ2n) is 5.10. The molecule has 0 heterocycles. The standard InChI is InChI=1S/C15H24N2O2/c1-4-17(10-11-6-5-7-11)13-9-15(19-3)14(18-2)8-12(13)16/h8-9,11H,4-7,10,16H2,1-3H3. The number of benzene rings is 1. The lowest BCUT2D eigenvalue weighted by Gasteiger charge is -2.34. The minimum absolute atomic E-state index is 0.684. The molecule has 0 amide bonds. The van der Waals surface area contributed by atoms with E-state index in [1.165, 1.54) is 19.3 Å². The van der Waals surface area contributed by atoms with Crippen molar-refractivity contribution in [1.82, 2.24) is 0 Å². The molecule has 4 nitrogen and oxygen atoms in total. The third-order valence-electron chi connectivity index (χ3n) is 3.96. The monoisotopic (exact) mass is 264 g/mol. The predicted molar refractivity (Wildman–Crippen MR) is 79.2 cm³/mol. The van der Waals surface area contributed by atoms with Crippen LogP contribution in [0.15, 0.2) is 12.1 Å². The minimum Gasteiger partial charge on any atom is -0.493 e. The van der Waals surface area contributed by atoms with Gasteiger partial charge in [-0.3, -0.25) is 0 Å². The number of rotatable bonds is 6. The lowest BCUT2D eigenvalue weighted by Crippen LogP contribution is -2.32. The van der Waals surface area contributed by atoms with Crippen molar-refractivity contribution in [1.29, 1.82) is 0 Å². The molecule has 0 radical (unpaired) electrons. The van der Waals surface area contributed by atoms with Crippen molar-refractivity contribution in [3.05, 3.63) is 12.1 Å². The molecule has 1 aliphatic rings. The molecule has 106 valence electrons. The van der Waals surface area contributed by atoms with Crippen LogP contribution in [0.3, 0.4) is 0 Å². The summed E-state index contributed by atoms with van der Waals surface area (Å²) in [5, 5.41) is 0. The van der Waals surface area contributed by atoms with Gasteiger partial charge in [-0.15, -0.1) is 0 Å². The third-order valence-corrected chi connectivity index (χ3v) is 3.96. The maximum Gasteiger partial charge on any atom is 0.162 e. The zero-order valence-electron chi connectivity index (χ0n) is 12.1. The summed E-state index contributed by atoms with van der Waals surface area (Å²) in [5.41, 5.74) is 7.95. The van der Waals surface area contributed by atoms with Crippen molar-refractivity contribution in [2.45, 2.75) is 26.2 Å². The molecule has 2 N–H and O–H groups in total. The average molecular weight is 264 g/mol. The summed E-state index contributed by atoms with van der Waals surface area (Å²) >= 11 is 0. The summed E-state index contributed by atoms with van der Waals surface area (Å²) in [6, 6.07) is 3.83. The van der Waals surface area contributed by atoms with E-state index in [9.17, 15) is 0 Å². The van der Waals surface area contributed by atoms with Gasteiger partial charge in [-0.25, -0.2) is 0 Å². The number of nitrogens with two attached hydrogens (primary N) is 1. The van der Waals surface area contributed by atoms with Crippen LogP contribution in [0.1, 0.15) is 26.2 Å². The van der Waals surface area contributed by atoms with Crippen molar-refractivity contribution in [3.63, 3.8) is 0 Å². The Morgan fingerprint density at radius 1 is 1.21 bits per heavy atom. The van der Waals surface area contributed by atoms with E-state index in [1.807, 2.05) is 12.1 Å². The van der Waals surface area contributed by atoms with Gasteiger partial charge in [0.15, 0.2) is 11.5 Å². The van der Waals surface area contributed by atoms with Gasteiger partial charge < -0.3 is 20.1 Å². The van der Waals surface area contributed by atoms with Crippen LogP contribution in [0.4, 0.5) is 11.4 Å². The predicted octanol–water partition coefficient (Wildman–Crippen LogP) is 2.91. The topological polar surface area (TPSA) is 47.7 Å². The molecule has 0 aromatic heterocycles. The molecule has 1 aliphatic carbocycles. The van der Waals surface area contributed by atoms with Gasteiger partial charge in [0.25, 0.3) is 0 Å². The zero-order valence-corrected chi connectivity index (χ0v) is 12.1. The van der Waals surface area contributed by atoms with Crippen LogP contribution in [0.5, 0.6) is 11.5 Å². The Labute approximate surface area is 115 Å². The fourth-order valence-corrected chi connectivity index (χ4v) is 2.54. The van der Waals surface area contributed by atoms with Crippen LogP contribution in [-0.4, -0.2) is 27.3 Å². The number of hydrogen-bond donors (Lipinski definition) is 1. The van der Waals surface area contributed by atoms with Gasteiger partial charge in [0, 0.05) is 25.2 Å². The molecule has 0 saturated heterocycles. The number of nitrogen functional groups attached to an aromatic ring is 1. The first-order valence-corrected chi connectivity index (χ1v) is 6.96. The minimum atomic E-state index is 0.684. The van der Waals surface area contributed by atoms with Crippen LogP contribution in [0, 0.1) is 5.92 Å². The van der Waals surface area contributed by atoms with Gasteiger partial charge in [-0.1, -0.05) is 6.42 Å². The highest BCUT2D eigenvalue weighted by molar-refractivity contribution is 5.73. The van der Waals surface area contributed by atoms with Crippen LogP contribution in [-0.2, 0) is 0 Å². The molecule has 0 aliphatic heterocycles. The van der Waals surface area contributed by atoms with Crippen molar-refractivity contribution < 1.29 is 9.47 Å². The van der Waals surface area contributed by atoms with E-state index in [4.69, 9.17) is 15.2 Å². The Morgan fingerprint density at radius 2 is 1.84 bits per heavy atom. The number of anilines is 2. The molecule has 0 spiro atoms. The Hall–Kier alpha value is -1.58. The quantitative estimate of drug-likeness (QED) is 0.803. The molecule has 19 heavy (non-hydrogen) atoms. The van der Waals surface area contributed by atoms with E-state index in [1.54, 1.807) is 14.2 Å². The summed E-state index contributed by atoms with van der Waals surface area (Å²) in [5.74, 6) is 2.23. The van der Waals surface area contributed by atoms with Crippen LogP contribution in [0.25, 0.3) is 0 Å². The van der Waals surface area contributed by atoms with E-state index in [0.717, 1.165) is 36.1 Å². The summed E-state index contributed by atoms with van der Waals surface area (Å²) in [4.78, 5) is 2.33. The van der Waals surface area contributed by atoms with Gasteiger partial charge in [-0.2, -0.15) is 0 Å². The lowest BCUT2D eigenvalue weighted by atomic mass is 9.85. The van der Waals surface area contributed by atoms with E-state index in [0.29, 0.717) is 5.75 Å². The second kappa shape index (κ2) is 6.04. The maximum absolute atomic E-state index is 6.15. The molecule has 0 unspecified atom stereocenters. The van der Waals surface area contributed by atoms with Gasteiger partial charge >= 0.3 is 0 Å². The van der Waals surface area contributed by atoms with Crippen molar-refractivity contribution in [2.75, 3.05) is 37.9 Å². The fraction of sp³-hybridized carbons (Fsp3) is 0.600. The van der Waals surface area contributed by atoms with Gasteiger partial charge in [0.1, 0.15) is 0 Å². The zero-order chi connectivity index (χ0) is 13.8. The Balaban J connectivity index is 2.25. The molecule has 2 rings (SSSR count). The molecule has 0 bridgehead atoms. The first-order valence-electron chi connectivity index (χ1n) is 6.96. The van der Waals surface area contributed by atoms with E-state index in [2.05, 4.69) is 11.8 Å². The van der Waals surface area contributed by atoms with E-state index >= 15 is 0 Å². The highest BCUT2D eigenvalue weighted by Crippen LogP contribution is 2.38. The first kappa shape index (κ1) is 13.8. The molecule has 0 atom stereocenters. The number of hydrogen-bond acceptors (Lipinski definition) is 4. The average Bonchev–Trinajstić information content (AvgIpc) is 2.38. The normalized spacial score (nSPS) is 14.9. The maximum atomic E-state index is 6.15. The largest absolute Gasteiger partial charge is 0.493 e. The summed E-state index contributed by atoms with van der Waals surface area (Å²) in [6.07, 6.45) is 4.04. The van der Waals surface area contributed by atoms with Crippen molar-refractivity contribution in [2.24, 2.45) is 5.92 Å². The van der Waals surface area contributed by atoms with Gasteiger partial charge in [0.2, 0.25) is 0 Å². The fourth-order valence-electron chi connectivity index (χ4n) is 2.54. The van der Waals surface area contributed by atoms with Crippen LogP contribution < -0.4 is 20.1 Å². The highest BCUT2D eigenvalue weighted by Gasteiger charge is 2.22. The first-order chi connectivity index (χ1) is 9.19. The van der Waals surface area contributed by atoms with Crippen LogP contribution >= 0.6 is 0 Å². The van der Waals surface area contributed by atoms with Gasteiger partial charge in [-0.05, 0) is 25.7 Å². The number of methoxy groups -OCH3 is 2. The van der Waals surface area contributed by atoms with E-state index in [-0.39, 0.29) is 0 Å². The lowest BCUT2D eigenvalue weighted by molar-refractivity contribution is 0.318. The smallest absolute Gasteiger partial charge is 0.162 e. The molecular weight excluding hydrogens is 240 g/mol. The molecule has 4 heteroatoms. The van der Waals surface area contributed by atoms with Crippen molar-refractivity contribution in [3.8, 4) is 11.5 Å². The molecule has 1 fully saturated rings.